The van der Waals surface area contributed by atoms with Gasteiger partial charge in [-0.2, -0.15) is 0 Å². The number of halogens is 1. The number of hydrogen-bond acceptors (Lipinski definition) is 3. The molecule has 0 radical (unpaired) electrons. The number of rotatable bonds is 2. The van der Waals surface area contributed by atoms with Crippen molar-refractivity contribution in [3.8, 4) is 5.75 Å². The standard InChI is InChI=1S/C14H14FNO4/c15-10-1-2-11-9(7-10)8-16(5-6-20-11)12(17)14(3-4-14)13(18)19/h1-2,7H,3-6,8H2,(H,18,19). The first-order chi connectivity index (χ1) is 9.53. The van der Waals surface area contributed by atoms with E-state index in [1.165, 1.54) is 23.1 Å². The lowest BCUT2D eigenvalue weighted by molar-refractivity contribution is -0.153. The topological polar surface area (TPSA) is 66.8 Å². The van der Waals surface area contributed by atoms with Crippen LogP contribution in [-0.2, 0) is 16.1 Å². The Labute approximate surface area is 114 Å². The molecule has 2 aliphatic rings. The molecule has 106 valence electrons. The number of carbonyl (C=O) groups is 2. The number of carboxylic acids is 1. The molecule has 1 N–H and O–H groups in total. The van der Waals surface area contributed by atoms with Crippen molar-refractivity contribution in [2.24, 2.45) is 5.41 Å². The summed E-state index contributed by atoms with van der Waals surface area (Å²) in [7, 11) is 0. The van der Waals surface area contributed by atoms with Gasteiger partial charge in [-0.05, 0) is 31.0 Å². The highest BCUT2D eigenvalue weighted by molar-refractivity contribution is 6.04. The number of amides is 1. The Bertz CT molecular complexity index is 583. The summed E-state index contributed by atoms with van der Waals surface area (Å²) in [4.78, 5) is 25.0. The number of carboxylic acid groups (broad SMARTS) is 1. The number of carbonyl (C=O) groups excluding carboxylic acids is 1. The summed E-state index contributed by atoms with van der Waals surface area (Å²) in [6.07, 6.45) is 0.739. The van der Waals surface area contributed by atoms with Crippen LogP contribution in [0.15, 0.2) is 18.2 Å². The summed E-state index contributed by atoms with van der Waals surface area (Å²) in [5.74, 6) is -1.33. The van der Waals surface area contributed by atoms with E-state index in [0.717, 1.165) is 0 Å². The molecule has 1 fully saturated rings. The van der Waals surface area contributed by atoms with Gasteiger partial charge >= 0.3 is 5.97 Å². The quantitative estimate of drug-likeness (QED) is 0.831. The lowest BCUT2D eigenvalue weighted by Crippen LogP contribution is -2.41. The van der Waals surface area contributed by atoms with E-state index >= 15 is 0 Å². The predicted octanol–water partition coefficient (Wildman–Crippen LogP) is 1.41. The zero-order valence-electron chi connectivity index (χ0n) is 10.8. The SMILES string of the molecule is O=C(O)C1(C(=O)N2CCOc3ccc(F)cc3C2)CC1. The highest BCUT2D eigenvalue weighted by Gasteiger charge is 2.58. The van der Waals surface area contributed by atoms with Crippen LogP contribution in [0.1, 0.15) is 18.4 Å². The van der Waals surface area contributed by atoms with Gasteiger partial charge in [-0.1, -0.05) is 0 Å². The van der Waals surface area contributed by atoms with Crippen molar-refractivity contribution < 1.29 is 23.8 Å². The van der Waals surface area contributed by atoms with E-state index in [1.807, 2.05) is 0 Å². The largest absolute Gasteiger partial charge is 0.491 e. The van der Waals surface area contributed by atoms with E-state index in [0.29, 0.717) is 30.7 Å². The van der Waals surface area contributed by atoms with E-state index in [-0.39, 0.29) is 13.2 Å². The molecular weight excluding hydrogens is 265 g/mol. The molecule has 0 atom stereocenters. The Kier molecular flexibility index (Phi) is 2.88. The van der Waals surface area contributed by atoms with Gasteiger partial charge in [-0.3, -0.25) is 9.59 Å². The van der Waals surface area contributed by atoms with Crippen molar-refractivity contribution in [3.05, 3.63) is 29.6 Å². The maximum atomic E-state index is 13.3. The molecule has 1 aliphatic heterocycles. The van der Waals surface area contributed by atoms with E-state index in [4.69, 9.17) is 4.74 Å². The molecule has 1 heterocycles. The smallest absolute Gasteiger partial charge is 0.319 e. The average molecular weight is 279 g/mol. The van der Waals surface area contributed by atoms with E-state index in [9.17, 15) is 19.1 Å². The lowest BCUT2D eigenvalue weighted by Gasteiger charge is -2.23. The average Bonchev–Trinajstić information content (AvgIpc) is 3.21. The van der Waals surface area contributed by atoms with Crippen molar-refractivity contribution in [3.63, 3.8) is 0 Å². The van der Waals surface area contributed by atoms with Crippen LogP contribution < -0.4 is 4.74 Å². The Morgan fingerprint density at radius 1 is 1.35 bits per heavy atom. The highest BCUT2D eigenvalue weighted by atomic mass is 19.1. The summed E-state index contributed by atoms with van der Waals surface area (Å²) in [6.45, 7) is 0.769. The molecule has 0 unspecified atom stereocenters. The second kappa shape index (κ2) is 4.47. The minimum absolute atomic E-state index is 0.182. The van der Waals surface area contributed by atoms with E-state index in [1.54, 1.807) is 0 Å². The molecule has 1 aromatic carbocycles. The summed E-state index contributed by atoms with van der Waals surface area (Å²) >= 11 is 0. The molecule has 1 aromatic rings. The van der Waals surface area contributed by atoms with Crippen LogP contribution in [0, 0.1) is 11.2 Å². The molecule has 6 heteroatoms. The summed E-state index contributed by atoms with van der Waals surface area (Å²) in [6, 6.07) is 4.15. The van der Waals surface area contributed by atoms with E-state index in [2.05, 4.69) is 0 Å². The number of ether oxygens (including phenoxy) is 1. The Hall–Kier alpha value is -2.11. The number of aliphatic carboxylic acids is 1. The fourth-order valence-electron chi connectivity index (χ4n) is 2.48. The van der Waals surface area contributed by atoms with Gasteiger partial charge in [0.15, 0.2) is 0 Å². The third-order valence-electron chi connectivity index (χ3n) is 3.86. The second-order valence-electron chi connectivity index (χ2n) is 5.21. The summed E-state index contributed by atoms with van der Waals surface area (Å²) < 4.78 is 18.7. The van der Waals surface area contributed by atoms with Crippen molar-refractivity contribution in [1.82, 2.24) is 4.90 Å². The Balaban J connectivity index is 1.86. The molecule has 1 saturated carbocycles. The van der Waals surface area contributed by atoms with Crippen LogP contribution in [-0.4, -0.2) is 35.0 Å². The normalized spacial score (nSPS) is 19.6. The molecule has 0 spiro atoms. The molecule has 1 aliphatic carbocycles. The van der Waals surface area contributed by atoms with Gasteiger partial charge in [0.25, 0.3) is 0 Å². The molecule has 0 aromatic heterocycles. The van der Waals surface area contributed by atoms with Gasteiger partial charge in [-0.15, -0.1) is 0 Å². The molecule has 20 heavy (non-hydrogen) atoms. The Morgan fingerprint density at radius 3 is 2.75 bits per heavy atom. The van der Waals surface area contributed by atoms with Gasteiger partial charge < -0.3 is 14.7 Å². The van der Waals surface area contributed by atoms with Crippen molar-refractivity contribution >= 4 is 11.9 Å². The third-order valence-corrected chi connectivity index (χ3v) is 3.86. The zero-order valence-corrected chi connectivity index (χ0v) is 10.8. The third kappa shape index (κ3) is 2.01. The summed E-state index contributed by atoms with van der Waals surface area (Å²) in [5.41, 5.74) is -0.699. The van der Waals surface area contributed by atoms with Crippen LogP contribution >= 0.6 is 0 Å². The van der Waals surface area contributed by atoms with Crippen LogP contribution in [0.2, 0.25) is 0 Å². The molecule has 5 nitrogen and oxygen atoms in total. The highest BCUT2D eigenvalue weighted by Crippen LogP contribution is 2.48. The van der Waals surface area contributed by atoms with Gasteiger partial charge in [0.05, 0.1) is 6.54 Å². The molecule has 3 rings (SSSR count). The first-order valence-corrected chi connectivity index (χ1v) is 6.47. The predicted molar refractivity (Wildman–Crippen MR) is 66.6 cm³/mol. The fraction of sp³-hybridized carbons (Fsp3) is 0.429. The van der Waals surface area contributed by atoms with Crippen LogP contribution in [0.25, 0.3) is 0 Å². The molecule has 1 amide bonds. The zero-order chi connectivity index (χ0) is 14.3. The monoisotopic (exact) mass is 279 g/mol. The van der Waals surface area contributed by atoms with Gasteiger partial charge in [0.2, 0.25) is 5.91 Å². The van der Waals surface area contributed by atoms with Crippen molar-refractivity contribution in [2.75, 3.05) is 13.2 Å². The Morgan fingerprint density at radius 2 is 2.10 bits per heavy atom. The van der Waals surface area contributed by atoms with Gasteiger partial charge in [-0.25, -0.2) is 4.39 Å². The van der Waals surface area contributed by atoms with Crippen molar-refractivity contribution in [1.29, 1.82) is 0 Å². The number of benzene rings is 1. The maximum Gasteiger partial charge on any atom is 0.319 e. The van der Waals surface area contributed by atoms with Crippen LogP contribution in [0.4, 0.5) is 4.39 Å². The minimum Gasteiger partial charge on any atom is -0.491 e. The molecule has 0 bridgehead atoms. The lowest BCUT2D eigenvalue weighted by atomic mass is 10.1. The first kappa shape index (κ1) is 12.9. The van der Waals surface area contributed by atoms with E-state index < -0.39 is 23.1 Å². The number of fused-ring (bicyclic) bond motifs is 1. The molecule has 0 saturated heterocycles. The maximum absolute atomic E-state index is 13.3. The van der Waals surface area contributed by atoms with Crippen molar-refractivity contribution in [2.45, 2.75) is 19.4 Å². The fourth-order valence-corrected chi connectivity index (χ4v) is 2.48. The molecular formula is C14H14FNO4. The van der Waals surface area contributed by atoms with Crippen LogP contribution in [0.5, 0.6) is 5.75 Å². The minimum atomic E-state index is -1.27. The second-order valence-corrected chi connectivity index (χ2v) is 5.21. The summed E-state index contributed by atoms with van der Waals surface area (Å²) in [5, 5.41) is 9.18. The number of nitrogens with zero attached hydrogens (tertiary/aromatic N) is 1. The van der Waals surface area contributed by atoms with Gasteiger partial charge in [0, 0.05) is 12.1 Å². The van der Waals surface area contributed by atoms with Crippen LogP contribution in [0.3, 0.4) is 0 Å². The first-order valence-electron chi connectivity index (χ1n) is 6.47. The number of hydrogen-bond donors (Lipinski definition) is 1. The van der Waals surface area contributed by atoms with Gasteiger partial charge in [0.1, 0.15) is 23.6 Å².